The van der Waals surface area contributed by atoms with Crippen molar-refractivity contribution in [3.05, 3.63) is 60.4 Å². The van der Waals surface area contributed by atoms with Crippen molar-refractivity contribution in [2.45, 2.75) is 25.8 Å². The first-order valence-electron chi connectivity index (χ1n) is 9.02. The molecule has 1 amide bonds. The molecule has 1 atom stereocenters. The van der Waals surface area contributed by atoms with Gasteiger partial charge in [-0.05, 0) is 56.2 Å². The molecular weight excluding hydrogens is 340 g/mol. The van der Waals surface area contributed by atoms with Gasteiger partial charge in [0.1, 0.15) is 18.2 Å². The number of carbonyl (C=O) groups is 2. The molecule has 1 saturated heterocycles. The lowest BCUT2D eigenvalue weighted by atomic mass is 10.1. The minimum absolute atomic E-state index is 0.00508. The Morgan fingerprint density at radius 1 is 1.07 bits per heavy atom. The van der Waals surface area contributed by atoms with E-state index >= 15 is 0 Å². The first-order valence-corrected chi connectivity index (χ1v) is 9.02. The second kappa shape index (κ2) is 7.15. The lowest BCUT2D eigenvalue weighted by Gasteiger charge is -2.25. The van der Waals surface area contributed by atoms with Crippen LogP contribution < -0.4 is 10.2 Å². The highest BCUT2D eigenvalue weighted by Gasteiger charge is 2.32. The third-order valence-corrected chi connectivity index (χ3v) is 4.91. The number of rotatable bonds is 4. The number of hydrogen-bond donors (Lipinski definition) is 1. The van der Waals surface area contributed by atoms with Crippen molar-refractivity contribution in [1.29, 1.82) is 0 Å². The molecule has 1 aliphatic heterocycles. The van der Waals surface area contributed by atoms with Crippen LogP contribution in [0.1, 0.15) is 30.1 Å². The first-order chi connectivity index (χ1) is 13.1. The zero-order valence-electron chi connectivity index (χ0n) is 15.1. The molecule has 136 valence electrons. The summed E-state index contributed by atoms with van der Waals surface area (Å²) < 4.78 is 0. The van der Waals surface area contributed by atoms with E-state index in [0.717, 1.165) is 36.1 Å². The predicted molar refractivity (Wildman–Crippen MR) is 105 cm³/mol. The van der Waals surface area contributed by atoms with E-state index < -0.39 is 0 Å². The van der Waals surface area contributed by atoms with Crippen molar-refractivity contribution in [2.24, 2.45) is 0 Å². The number of aromatic nitrogens is 2. The maximum Gasteiger partial charge on any atom is 0.247 e. The molecule has 0 saturated carbocycles. The number of ketones is 1. The maximum atomic E-state index is 12.9. The number of benzene rings is 2. The highest BCUT2D eigenvalue weighted by atomic mass is 16.2. The molecular formula is C21H20N4O2. The van der Waals surface area contributed by atoms with E-state index in [9.17, 15) is 9.59 Å². The van der Waals surface area contributed by atoms with Gasteiger partial charge in [-0.3, -0.25) is 9.59 Å². The molecule has 0 aliphatic carbocycles. The normalized spacial score (nSPS) is 16.5. The summed E-state index contributed by atoms with van der Waals surface area (Å²) in [4.78, 5) is 35.1. The van der Waals surface area contributed by atoms with Gasteiger partial charge >= 0.3 is 0 Å². The molecule has 1 aromatic heterocycles. The van der Waals surface area contributed by atoms with Crippen LogP contribution in [0.3, 0.4) is 0 Å². The summed E-state index contributed by atoms with van der Waals surface area (Å²) in [5.41, 5.74) is 2.18. The number of fused-ring (bicyclic) bond motifs is 1. The molecule has 27 heavy (non-hydrogen) atoms. The third kappa shape index (κ3) is 3.38. The largest absolute Gasteiger partial charge is 0.344 e. The van der Waals surface area contributed by atoms with Crippen LogP contribution in [0.15, 0.2) is 54.9 Å². The van der Waals surface area contributed by atoms with Crippen molar-refractivity contribution in [1.82, 2.24) is 9.97 Å². The van der Waals surface area contributed by atoms with Gasteiger partial charge < -0.3 is 10.2 Å². The highest BCUT2D eigenvalue weighted by Crippen LogP contribution is 2.30. The number of para-hydroxylation sites is 1. The highest BCUT2D eigenvalue weighted by molar-refractivity contribution is 6.00. The number of nitrogens with one attached hydrogen (secondary N) is 1. The summed E-state index contributed by atoms with van der Waals surface area (Å²) in [6.07, 6.45) is 3.25. The Morgan fingerprint density at radius 3 is 2.63 bits per heavy atom. The number of nitrogens with zero attached hydrogens (tertiary/aromatic N) is 3. The number of anilines is 2. The molecule has 0 spiro atoms. The molecule has 1 aliphatic rings. The minimum Gasteiger partial charge on any atom is -0.344 e. The Bertz CT molecular complexity index is 995. The van der Waals surface area contributed by atoms with Gasteiger partial charge in [0.15, 0.2) is 5.78 Å². The van der Waals surface area contributed by atoms with Crippen LogP contribution in [0, 0.1) is 0 Å². The molecule has 2 aromatic carbocycles. The fraction of sp³-hybridized carbons (Fsp3) is 0.238. The van der Waals surface area contributed by atoms with Gasteiger partial charge in [-0.25, -0.2) is 9.97 Å². The second-order valence-electron chi connectivity index (χ2n) is 6.69. The van der Waals surface area contributed by atoms with Crippen LogP contribution >= 0.6 is 0 Å². The molecule has 0 bridgehead atoms. The molecule has 2 heterocycles. The number of Topliss-reactive ketones (excluding diaryl/α,β-unsaturated/α-hetero) is 1. The summed E-state index contributed by atoms with van der Waals surface area (Å²) in [6, 6.07) is 14.5. The van der Waals surface area contributed by atoms with Gasteiger partial charge in [-0.2, -0.15) is 0 Å². The summed E-state index contributed by atoms with van der Waals surface area (Å²) in [6.45, 7) is 2.30. The minimum atomic E-state index is -0.282. The molecule has 4 rings (SSSR count). The van der Waals surface area contributed by atoms with Crippen LogP contribution in [0.4, 0.5) is 11.5 Å². The van der Waals surface area contributed by atoms with Crippen molar-refractivity contribution in [2.75, 3.05) is 16.8 Å². The Labute approximate surface area is 157 Å². The number of carbonyl (C=O) groups excluding carboxylic acids is 2. The van der Waals surface area contributed by atoms with Gasteiger partial charge in [0, 0.05) is 23.2 Å². The summed E-state index contributed by atoms with van der Waals surface area (Å²) in [5, 5.41) is 3.91. The van der Waals surface area contributed by atoms with Gasteiger partial charge in [-0.1, -0.05) is 12.1 Å². The number of hydrogen-bond acceptors (Lipinski definition) is 5. The predicted octanol–water partition coefficient (Wildman–Crippen LogP) is 3.44. The van der Waals surface area contributed by atoms with Gasteiger partial charge in [0.2, 0.25) is 5.91 Å². The Kier molecular flexibility index (Phi) is 4.54. The van der Waals surface area contributed by atoms with Gasteiger partial charge in [-0.15, -0.1) is 0 Å². The van der Waals surface area contributed by atoms with Crippen molar-refractivity contribution >= 4 is 34.1 Å². The zero-order chi connectivity index (χ0) is 18.8. The van der Waals surface area contributed by atoms with Crippen LogP contribution in [0.25, 0.3) is 10.9 Å². The molecule has 0 unspecified atom stereocenters. The first kappa shape index (κ1) is 17.1. The Morgan fingerprint density at radius 2 is 1.85 bits per heavy atom. The van der Waals surface area contributed by atoms with E-state index in [4.69, 9.17) is 0 Å². The fourth-order valence-electron chi connectivity index (χ4n) is 3.53. The average Bonchev–Trinajstić information content (AvgIpc) is 3.18. The van der Waals surface area contributed by atoms with E-state index in [0.29, 0.717) is 11.3 Å². The molecule has 3 aromatic rings. The zero-order valence-corrected chi connectivity index (χ0v) is 15.1. The Balaban J connectivity index is 1.57. The molecule has 6 nitrogen and oxygen atoms in total. The van der Waals surface area contributed by atoms with Crippen molar-refractivity contribution in [3.8, 4) is 0 Å². The summed E-state index contributed by atoms with van der Waals surface area (Å²) in [7, 11) is 0. The van der Waals surface area contributed by atoms with Crippen LogP contribution in [-0.4, -0.2) is 34.2 Å². The van der Waals surface area contributed by atoms with E-state index in [-0.39, 0.29) is 17.7 Å². The fourth-order valence-corrected chi connectivity index (χ4v) is 3.53. The quantitative estimate of drug-likeness (QED) is 0.722. The maximum absolute atomic E-state index is 12.9. The molecule has 1 fully saturated rings. The van der Waals surface area contributed by atoms with Crippen LogP contribution in [-0.2, 0) is 4.79 Å². The summed E-state index contributed by atoms with van der Waals surface area (Å²) >= 11 is 0. The lowest BCUT2D eigenvalue weighted by Crippen LogP contribution is -2.40. The monoisotopic (exact) mass is 360 g/mol. The lowest BCUT2D eigenvalue weighted by molar-refractivity contribution is -0.117. The van der Waals surface area contributed by atoms with E-state index in [1.807, 2.05) is 24.3 Å². The Hall–Kier alpha value is -3.28. The SMILES string of the molecule is CC(=O)c1ccc(NC(=O)[C@H]2CCCN2c2ncnc3ccccc23)cc1. The van der Waals surface area contributed by atoms with Crippen LogP contribution in [0.2, 0.25) is 0 Å². The van der Waals surface area contributed by atoms with Crippen LogP contribution in [0.5, 0.6) is 0 Å². The average molecular weight is 360 g/mol. The van der Waals surface area contributed by atoms with Gasteiger partial charge in [0.25, 0.3) is 0 Å². The molecule has 1 N–H and O–H groups in total. The third-order valence-electron chi connectivity index (χ3n) is 4.91. The van der Waals surface area contributed by atoms with Crippen molar-refractivity contribution < 1.29 is 9.59 Å². The number of amides is 1. The topological polar surface area (TPSA) is 75.2 Å². The smallest absolute Gasteiger partial charge is 0.247 e. The molecule has 0 radical (unpaired) electrons. The standard InChI is InChI=1S/C21H20N4O2/c1-14(26)15-8-10-16(11-9-15)24-21(27)19-7-4-12-25(19)20-17-5-2-3-6-18(17)22-13-23-20/h2-3,5-6,8-11,13,19H,4,7,12H2,1H3,(H,24,27)/t19-/m1/s1. The molecule has 6 heteroatoms. The van der Waals surface area contributed by atoms with E-state index in [2.05, 4.69) is 20.2 Å². The second-order valence-corrected chi connectivity index (χ2v) is 6.69. The van der Waals surface area contributed by atoms with Gasteiger partial charge in [0.05, 0.1) is 5.52 Å². The van der Waals surface area contributed by atoms with Crippen molar-refractivity contribution in [3.63, 3.8) is 0 Å². The summed E-state index contributed by atoms with van der Waals surface area (Å²) in [5.74, 6) is 0.737. The van der Waals surface area contributed by atoms with E-state index in [1.165, 1.54) is 6.92 Å². The van der Waals surface area contributed by atoms with E-state index in [1.54, 1.807) is 30.6 Å².